The second-order valence-electron chi connectivity index (χ2n) is 6.27. The third-order valence-electron chi connectivity index (χ3n) is 5.01. The third-order valence-corrected chi connectivity index (χ3v) is 6.64. The van der Waals surface area contributed by atoms with E-state index < -0.39 is 6.43 Å². The minimum Gasteiger partial charge on any atom is -0.492 e. The van der Waals surface area contributed by atoms with Crippen LogP contribution >= 0.6 is 22.6 Å². The van der Waals surface area contributed by atoms with Crippen LogP contribution in [0.25, 0.3) is 0 Å². The van der Waals surface area contributed by atoms with E-state index in [9.17, 15) is 13.6 Å². The Morgan fingerprint density at radius 3 is 2.64 bits per heavy atom. The molecule has 1 aromatic carbocycles. The monoisotopic (exact) mass is 421 g/mol. The average Bonchev–Trinajstić information content (AvgIpc) is 2.85. The number of alkyl halides is 3. The largest absolute Gasteiger partial charge is 0.492 e. The molecule has 1 saturated carbocycles. The van der Waals surface area contributed by atoms with Gasteiger partial charge in [-0.05, 0) is 37.7 Å². The predicted molar refractivity (Wildman–Crippen MR) is 87.5 cm³/mol. The second-order valence-corrected chi connectivity index (χ2v) is 7.61. The highest BCUT2D eigenvalue weighted by molar-refractivity contribution is 14.1. The molecule has 1 aliphatic carbocycles. The summed E-state index contributed by atoms with van der Waals surface area (Å²) in [5, 5.41) is 0. The summed E-state index contributed by atoms with van der Waals surface area (Å²) in [5.74, 6) is 0.636. The maximum atomic E-state index is 12.8. The SMILES string of the molecule is NC(=O)C(I)C1CCC2(CC1)COc1cc(C(F)F)ccc12. The van der Waals surface area contributed by atoms with E-state index >= 15 is 0 Å². The van der Waals surface area contributed by atoms with E-state index in [-0.39, 0.29) is 20.8 Å². The summed E-state index contributed by atoms with van der Waals surface area (Å²) in [6.07, 6.45) is 1.17. The lowest BCUT2D eigenvalue weighted by molar-refractivity contribution is -0.118. The Hall–Kier alpha value is -0.920. The fraction of sp³-hybridized carbons (Fsp3) is 0.562. The molecule has 0 radical (unpaired) electrons. The Kier molecular flexibility index (Phi) is 4.31. The summed E-state index contributed by atoms with van der Waals surface area (Å²) >= 11 is 2.12. The number of ether oxygens (including phenoxy) is 1. The molecule has 1 spiro atoms. The summed E-state index contributed by atoms with van der Waals surface area (Å²) in [7, 11) is 0. The first-order valence-electron chi connectivity index (χ1n) is 7.42. The van der Waals surface area contributed by atoms with E-state index in [1.807, 2.05) is 0 Å². The topological polar surface area (TPSA) is 52.3 Å². The number of hydrogen-bond donors (Lipinski definition) is 1. The van der Waals surface area contributed by atoms with Gasteiger partial charge in [-0.15, -0.1) is 0 Å². The highest BCUT2D eigenvalue weighted by atomic mass is 127. The van der Waals surface area contributed by atoms with Crippen LogP contribution in [0.1, 0.15) is 43.2 Å². The fourth-order valence-electron chi connectivity index (χ4n) is 3.66. The van der Waals surface area contributed by atoms with Crippen LogP contribution in [0.5, 0.6) is 5.75 Å². The highest BCUT2D eigenvalue weighted by Gasteiger charge is 2.45. The van der Waals surface area contributed by atoms with Gasteiger partial charge in [-0.2, -0.15) is 0 Å². The number of carbonyl (C=O) groups excluding carboxylic acids is 1. The van der Waals surface area contributed by atoms with E-state index in [2.05, 4.69) is 22.6 Å². The van der Waals surface area contributed by atoms with Crippen molar-refractivity contribution in [2.24, 2.45) is 11.7 Å². The lowest BCUT2D eigenvalue weighted by atomic mass is 9.67. The first-order chi connectivity index (χ1) is 10.4. The van der Waals surface area contributed by atoms with Crippen LogP contribution in [0.2, 0.25) is 0 Å². The molecule has 2 N–H and O–H groups in total. The molecule has 1 unspecified atom stereocenters. The minimum absolute atomic E-state index is 0.00513. The molecule has 3 nitrogen and oxygen atoms in total. The molecule has 6 heteroatoms. The molecule has 1 fully saturated rings. The van der Waals surface area contributed by atoms with E-state index in [1.54, 1.807) is 6.07 Å². The van der Waals surface area contributed by atoms with Crippen LogP contribution in [0, 0.1) is 5.92 Å². The molecule has 2 aliphatic rings. The van der Waals surface area contributed by atoms with Gasteiger partial charge in [0.25, 0.3) is 6.43 Å². The number of nitrogens with two attached hydrogens (primary N) is 1. The Labute approximate surface area is 141 Å². The summed E-state index contributed by atoms with van der Waals surface area (Å²) in [6.45, 7) is 0.546. The van der Waals surface area contributed by atoms with Crippen molar-refractivity contribution in [3.63, 3.8) is 0 Å². The molecule has 0 aromatic heterocycles. The Bertz CT molecular complexity index is 586. The quantitative estimate of drug-likeness (QED) is 0.598. The van der Waals surface area contributed by atoms with Crippen molar-refractivity contribution in [3.05, 3.63) is 29.3 Å². The van der Waals surface area contributed by atoms with Gasteiger partial charge in [-0.25, -0.2) is 8.78 Å². The maximum Gasteiger partial charge on any atom is 0.263 e. The van der Waals surface area contributed by atoms with Crippen molar-refractivity contribution in [1.82, 2.24) is 0 Å². The molecule has 120 valence electrons. The van der Waals surface area contributed by atoms with Crippen molar-refractivity contribution in [3.8, 4) is 5.75 Å². The fourth-order valence-corrected chi connectivity index (χ4v) is 4.38. The molecule has 22 heavy (non-hydrogen) atoms. The molecule has 1 heterocycles. The summed E-state index contributed by atoms with van der Waals surface area (Å²) in [4.78, 5) is 11.3. The van der Waals surface area contributed by atoms with Crippen LogP contribution in [0.3, 0.4) is 0 Å². The van der Waals surface area contributed by atoms with E-state index in [4.69, 9.17) is 10.5 Å². The van der Waals surface area contributed by atoms with Gasteiger partial charge in [0.2, 0.25) is 5.91 Å². The van der Waals surface area contributed by atoms with Crippen LogP contribution in [0.4, 0.5) is 8.78 Å². The molecular weight excluding hydrogens is 403 g/mol. The normalized spacial score (nSPS) is 28.5. The van der Waals surface area contributed by atoms with Gasteiger partial charge >= 0.3 is 0 Å². The zero-order valence-corrected chi connectivity index (χ0v) is 14.2. The summed E-state index contributed by atoms with van der Waals surface area (Å²) < 4.78 is 31.1. The first kappa shape index (κ1) is 16.0. The number of primary amides is 1. The molecule has 0 bridgehead atoms. The van der Waals surface area contributed by atoms with Crippen molar-refractivity contribution >= 4 is 28.5 Å². The molecule has 1 aliphatic heterocycles. The van der Waals surface area contributed by atoms with Crippen LogP contribution < -0.4 is 10.5 Å². The molecule has 1 amide bonds. The molecule has 1 atom stereocenters. The lowest BCUT2D eigenvalue weighted by Crippen LogP contribution is -2.38. The van der Waals surface area contributed by atoms with Gasteiger partial charge in [0.15, 0.2) is 0 Å². The number of rotatable bonds is 3. The van der Waals surface area contributed by atoms with E-state index in [0.717, 1.165) is 31.2 Å². The first-order valence-corrected chi connectivity index (χ1v) is 8.66. The van der Waals surface area contributed by atoms with Crippen molar-refractivity contribution in [2.75, 3.05) is 6.61 Å². The number of fused-ring (bicyclic) bond motifs is 2. The molecule has 3 rings (SSSR count). The van der Waals surface area contributed by atoms with Crippen LogP contribution in [-0.4, -0.2) is 16.4 Å². The molecule has 0 saturated heterocycles. The molecular formula is C16H18F2INO2. The van der Waals surface area contributed by atoms with Crippen LogP contribution in [0.15, 0.2) is 18.2 Å². The van der Waals surface area contributed by atoms with E-state index in [0.29, 0.717) is 18.3 Å². The zero-order chi connectivity index (χ0) is 15.9. The number of amides is 1. The van der Waals surface area contributed by atoms with Crippen molar-refractivity contribution < 1.29 is 18.3 Å². The lowest BCUT2D eigenvalue weighted by Gasteiger charge is -2.37. The van der Waals surface area contributed by atoms with Gasteiger partial charge in [-0.1, -0.05) is 34.7 Å². The van der Waals surface area contributed by atoms with Gasteiger partial charge in [0, 0.05) is 16.5 Å². The number of benzene rings is 1. The Balaban J connectivity index is 1.78. The second kappa shape index (κ2) is 5.94. The number of carbonyl (C=O) groups is 1. The van der Waals surface area contributed by atoms with Crippen LogP contribution in [-0.2, 0) is 10.2 Å². The van der Waals surface area contributed by atoms with Gasteiger partial charge in [0.1, 0.15) is 5.75 Å². The molecule has 1 aromatic rings. The average molecular weight is 421 g/mol. The maximum absolute atomic E-state index is 12.8. The van der Waals surface area contributed by atoms with E-state index in [1.165, 1.54) is 12.1 Å². The van der Waals surface area contributed by atoms with Crippen molar-refractivity contribution in [1.29, 1.82) is 0 Å². The smallest absolute Gasteiger partial charge is 0.263 e. The van der Waals surface area contributed by atoms with Gasteiger partial charge in [-0.3, -0.25) is 4.79 Å². The summed E-state index contributed by atoms with van der Waals surface area (Å²) in [6, 6.07) is 4.75. The Morgan fingerprint density at radius 2 is 2.05 bits per heavy atom. The van der Waals surface area contributed by atoms with Gasteiger partial charge < -0.3 is 10.5 Å². The van der Waals surface area contributed by atoms with Crippen molar-refractivity contribution in [2.45, 2.75) is 41.4 Å². The zero-order valence-electron chi connectivity index (χ0n) is 12.0. The third kappa shape index (κ3) is 2.70. The Morgan fingerprint density at radius 1 is 1.36 bits per heavy atom. The minimum atomic E-state index is -2.48. The standard InChI is InChI=1S/C16H18F2INO2/c17-14(18)10-1-2-11-12(7-10)22-8-16(11)5-3-9(4-6-16)13(19)15(20)21/h1-2,7,9,13-14H,3-6,8H2,(H2,20,21). The number of hydrogen-bond acceptors (Lipinski definition) is 2. The summed E-state index contributed by atoms with van der Waals surface area (Å²) in [5.41, 5.74) is 6.35. The van der Waals surface area contributed by atoms with Gasteiger partial charge in [0.05, 0.1) is 10.5 Å². The number of halogens is 3. The highest BCUT2D eigenvalue weighted by Crippen LogP contribution is 2.50. The predicted octanol–water partition coefficient (Wildman–Crippen LogP) is 3.73.